The molecule has 2 aliphatic rings. The summed E-state index contributed by atoms with van der Waals surface area (Å²) in [5.41, 5.74) is 5.01. The Hall–Kier alpha value is -2.13. The fourth-order valence-corrected chi connectivity index (χ4v) is 8.12. The van der Waals surface area contributed by atoms with Gasteiger partial charge >= 0.3 is 0 Å². The van der Waals surface area contributed by atoms with Crippen LogP contribution in [-0.2, 0) is 27.7 Å². The molecule has 0 aliphatic heterocycles. The van der Waals surface area contributed by atoms with E-state index in [1.54, 1.807) is 0 Å². The van der Waals surface area contributed by atoms with Crippen LogP contribution in [0.3, 0.4) is 0 Å². The number of anilines is 1. The molecule has 3 aromatic rings. The van der Waals surface area contributed by atoms with Gasteiger partial charge in [-0.2, -0.15) is 5.10 Å². The molecule has 5 rings (SSSR count). The Kier molecular flexibility index (Phi) is 11.1. The smallest absolute Gasteiger partial charge is 0.235 e. The quantitative estimate of drug-likeness (QED) is 0.111. The number of hydrogen-bond acceptors (Lipinski definition) is 6. The molecule has 2 saturated carbocycles. The number of ether oxygens (including phenoxy) is 2. The van der Waals surface area contributed by atoms with E-state index in [9.17, 15) is 4.79 Å². The summed E-state index contributed by atoms with van der Waals surface area (Å²) in [4.78, 5) is 14.2. The van der Waals surface area contributed by atoms with Crippen LogP contribution in [-0.4, -0.2) is 59.8 Å². The predicted molar refractivity (Wildman–Crippen MR) is 193 cm³/mol. The van der Waals surface area contributed by atoms with Crippen molar-refractivity contribution in [3.05, 3.63) is 46.2 Å². The van der Waals surface area contributed by atoms with Gasteiger partial charge in [0.15, 0.2) is 0 Å². The van der Waals surface area contributed by atoms with Crippen molar-refractivity contribution in [2.75, 3.05) is 18.5 Å². The van der Waals surface area contributed by atoms with E-state index in [1.165, 1.54) is 25.7 Å². The summed E-state index contributed by atoms with van der Waals surface area (Å²) in [6.07, 6.45) is 4.71. The molecule has 1 aromatic carbocycles. The number of hydrogen-bond donors (Lipinski definition) is 1. The second-order valence-corrected chi connectivity index (χ2v) is 27.7. The van der Waals surface area contributed by atoms with Gasteiger partial charge in [-0.05, 0) is 103 Å². The van der Waals surface area contributed by atoms with E-state index < -0.39 is 16.1 Å². The van der Waals surface area contributed by atoms with E-state index in [1.807, 2.05) is 28.3 Å². The molecular formula is C34H53BrN6O3Si2. The van der Waals surface area contributed by atoms with Gasteiger partial charge in [-0.3, -0.25) is 9.36 Å². The van der Waals surface area contributed by atoms with Crippen molar-refractivity contribution in [1.82, 2.24) is 24.5 Å². The van der Waals surface area contributed by atoms with Crippen molar-refractivity contribution >= 4 is 43.7 Å². The molecule has 0 saturated heterocycles. The maximum Gasteiger partial charge on any atom is 0.235 e. The largest absolute Gasteiger partial charge is 0.361 e. The summed E-state index contributed by atoms with van der Waals surface area (Å²) in [5, 5.41) is 17.0. The van der Waals surface area contributed by atoms with E-state index >= 15 is 0 Å². The van der Waals surface area contributed by atoms with Crippen molar-refractivity contribution in [3.63, 3.8) is 0 Å². The van der Waals surface area contributed by atoms with Gasteiger partial charge in [0, 0.05) is 46.3 Å². The van der Waals surface area contributed by atoms with Gasteiger partial charge in [0.1, 0.15) is 25.2 Å². The Labute approximate surface area is 285 Å². The number of benzene rings is 1. The zero-order valence-electron chi connectivity index (χ0n) is 29.0. The summed E-state index contributed by atoms with van der Waals surface area (Å²) in [6.45, 7) is 20.5. The van der Waals surface area contributed by atoms with E-state index in [4.69, 9.17) is 14.6 Å². The molecule has 1 amide bonds. The molecule has 46 heavy (non-hydrogen) atoms. The minimum Gasteiger partial charge on any atom is -0.361 e. The third-order valence-corrected chi connectivity index (χ3v) is 13.3. The van der Waals surface area contributed by atoms with E-state index in [-0.39, 0.29) is 17.7 Å². The first-order valence-corrected chi connectivity index (χ1v) is 25.1. The van der Waals surface area contributed by atoms with Crippen molar-refractivity contribution < 1.29 is 14.3 Å². The molecule has 9 nitrogen and oxygen atoms in total. The number of aryl methyl sites for hydroxylation is 1. The molecule has 0 spiro atoms. The molecular weight excluding hydrogens is 676 g/mol. The van der Waals surface area contributed by atoms with Gasteiger partial charge in [0.05, 0.1) is 5.69 Å². The third kappa shape index (κ3) is 9.27. The summed E-state index contributed by atoms with van der Waals surface area (Å²) >= 11 is 3.59. The number of halogens is 1. The van der Waals surface area contributed by atoms with Crippen molar-refractivity contribution in [3.8, 4) is 11.1 Å². The van der Waals surface area contributed by atoms with Crippen molar-refractivity contribution in [1.29, 1.82) is 0 Å². The minimum atomic E-state index is -1.22. The predicted octanol–water partition coefficient (Wildman–Crippen LogP) is 8.30. The van der Waals surface area contributed by atoms with Crippen LogP contribution in [0.4, 0.5) is 5.69 Å². The molecule has 2 heterocycles. The monoisotopic (exact) mass is 728 g/mol. The topological polar surface area (TPSA) is 96.1 Å². The first kappa shape index (κ1) is 35.2. The number of carbonyl (C=O) groups excluding carboxylic acids is 1. The molecule has 1 atom stereocenters. The zero-order valence-corrected chi connectivity index (χ0v) is 32.6. The maximum absolute atomic E-state index is 14.2. The summed E-state index contributed by atoms with van der Waals surface area (Å²) in [7, 11) is -2.35. The highest BCUT2D eigenvalue weighted by Gasteiger charge is 2.50. The SMILES string of the molecule is Cc1nn(COCC[Si](C)(C)C)c(C)c1-c1ccc(NC(=O)C(c2nnc(Br)n2COCC[Si](C)(C)C)C(C2CC2)C2CC2)cc1. The van der Waals surface area contributed by atoms with Gasteiger partial charge in [-0.1, -0.05) is 51.4 Å². The summed E-state index contributed by atoms with van der Waals surface area (Å²) in [6, 6.07) is 10.4. The van der Waals surface area contributed by atoms with Gasteiger partial charge < -0.3 is 14.8 Å². The standard InChI is InChI=1S/C34H53BrN6O3Si2/c1-23-29(24(2)41(39-23)22-44-18-20-46(6,7)8)25-13-15-28(16-14-25)36-33(42)31(30(26-9-10-26)27-11-12-27)32-37-38-34(35)40(32)21-43-17-19-45(3,4)5/h13-16,26-27,30-31H,9-12,17-22H2,1-8H3,(H,36,42). The molecule has 1 unspecified atom stereocenters. The Balaban J connectivity index is 1.31. The van der Waals surface area contributed by atoms with Gasteiger partial charge in [0.25, 0.3) is 0 Å². The van der Waals surface area contributed by atoms with E-state index in [0.29, 0.717) is 42.5 Å². The van der Waals surface area contributed by atoms with Crippen LogP contribution in [0.25, 0.3) is 11.1 Å². The fourth-order valence-electron chi connectivity index (χ4n) is 6.24. The highest BCUT2D eigenvalue weighted by Crippen LogP contribution is 2.55. The minimum absolute atomic E-state index is 0.0181. The Morgan fingerprint density at radius 2 is 1.48 bits per heavy atom. The molecule has 2 aromatic heterocycles. The highest BCUT2D eigenvalue weighted by molar-refractivity contribution is 9.10. The van der Waals surface area contributed by atoms with Gasteiger partial charge in [0.2, 0.25) is 10.6 Å². The molecule has 2 fully saturated rings. The molecule has 1 N–H and O–H groups in total. The van der Waals surface area contributed by atoms with Crippen LogP contribution in [0, 0.1) is 31.6 Å². The van der Waals surface area contributed by atoms with Crippen LogP contribution in [0.15, 0.2) is 29.0 Å². The Morgan fingerprint density at radius 3 is 2.02 bits per heavy atom. The van der Waals surface area contributed by atoms with Crippen LogP contribution in [0.1, 0.15) is 48.8 Å². The molecule has 0 bridgehead atoms. The number of carbonyl (C=O) groups is 1. The normalized spacial score (nSPS) is 16.3. The number of rotatable bonds is 17. The van der Waals surface area contributed by atoms with E-state index in [0.717, 1.165) is 46.9 Å². The van der Waals surface area contributed by atoms with Crippen molar-refractivity contribution in [2.45, 2.75) is 110 Å². The number of nitrogens with one attached hydrogen (secondary N) is 1. The second kappa shape index (κ2) is 14.6. The maximum atomic E-state index is 14.2. The summed E-state index contributed by atoms with van der Waals surface area (Å²) in [5.74, 6) is 1.68. The number of aromatic nitrogens is 5. The molecule has 2 aliphatic carbocycles. The molecule has 12 heteroatoms. The number of nitrogens with zero attached hydrogens (tertiary/aromatic N) is 5. The summed E-state index contributed by atoms with van der Waals surface area (Å²) < 4.78 is 16.6. The van der Waals surface area contributed by atoms with Gasteiger partial charge in [-0.15, -0.1) is 10.2 Å². The first-order chi connectivity index (χ1) is 21.7. The molecule has 0 radical (unpaired) electrons. The Bertz CT molecular complexity index is 1470. The second-order valence-electron chi connectivity index (χ2n) is 15.8. The highest BCUT2D eigenvalue weighted by atomic mass is 79.9. The zero-order chi connectivity index (χ0) is 33.2. The average Bonchev–Trinajstić information content (AvgIpc) is 3.90. The third-order valence-electron chi connectivity index (χ3n) is 9.26. The average molecular weight is 730 g/mol. The Morgan fingerprint density at radius 1 is 0.913 bits per heavy atom. The molecule has 252 valence electrons. The number of amides is 1. The van der Waals surface area contributed by atoms with Crippen LogP contribution < -0.4 is 5.32 Å². The van der Waals surface area contributed by atoms with Crippen LogP contribution in [0.2, 0.25) is 51.4 Å². The van der Waals surface area contributed by atoms with Crippen LogP contribution in [0.5, 0.6) is 0 Å². The lowest BCUT2D eigenvalue weighted by Crippen LogP contribution is -2.32. The van der Waals surface area contributed by atoms with Crippen LogP contribution >= 0.6 is 15.9 Å². The van der Waals surface area contributed by atoms with Crippen molar-refractivity contribution in [2.24, 2.45) is 17.8 Å². The lowest BCUT2D eigenvalue weighted by Gasteiger charge is -2.26. The fraction of sp³-hybridized carbons (Fsp3) is 0.647. The van der Waals surface area contributed by atoms with E-state index in [2.05, 4.69) is 89.8 Å². The lowest BCUT2D eigenvalue weighted by molar-refractivity contribution is -0.119. The van der Waals surface area contributed by atoms with Gasteiger partial charge in [-0.25, -0.2) is 4.68 Å². The first-order valence-electron chi connectivity index (χ1n) is 16.9. The lowest BCUT2D eigenvalue weighted by atomic mass is 9.82.